The first kappa shape index (κ1) is 22.6. The van der Waals surface area contributed by atoms with Gasteiger partial charge in [0.05, 0.1) is 7.11 Å². The van der Waals surface area contributed by atoms with Crippen molar-refractivity contribution in [1.29, 1.82) is 0 Å². The Morgan fingerprint density at radius 1 is 1.07 bits per heavy atom. The van der Waals surface area contributed by atoms with Crippen LogP contribution in [0.15, 0.2) is 18.2 Å². The van der Waals surface area contributed by atoms with Crippen molar-refractivity contribution in [3.63, 3.8) is 0 Å². The summed E-state index contributed by atoms with van der Waals surface area (Å²) in [4.78, 5) is 23.8. The molecule has 2 fully saturated rings. The third kappa shape index (κ3) is 5.97. The Balaban J connectivity index is 1.37. The summed E-state index contributed by atoms with van der Waals surface area (Å²) in [6.07, 6.45) is 7.83. The number of carbonyl (C=O) groups is 2. The predicted molar refractivity (Wildman–Crippen MR) is 116 cm³/mol. The predicted octanol–water partition coefficient (Wildman–Crippen LogP) is 3.06. The molecular formula is C24H36N2O4. The van der Waals surface area contributed by atoms with Crippen LogP contribution in [-0.4, -0.2) is 43.2 Å². The van der Waals surface area contributed by atoms with E-state index in [1.165, 1.54) is 24.0 Å². The van der Waals surface area contributed by atoms with Crippen molar-refractivity contribution in [2.75, 3.05) is 20.3 Å². The monoisotopic (exact) mass is 416 g/mol. The standard InChI is InChI=1S/C24H36N2O4/c1-16-13-20(9-12-22(16)30-2)18-5-3-17(4-6-18)14-25-24(29)19-7-10-21(11-8-19)26-23(28)15-27/h9,12-13,17-19,21,27H,3-8,10-11,14-15H2,1-2H3,(H,25,29)(H,26,28). The van der Waals surface area contributed by atoms with Crippen molar-refractivity contribution in [2.24, 2.45) is 11.8 Å². The Labute approximate surface area is 179 Å². The quantitative estimate of drug-likeness (QED) is 0.637. The summed E-state index contributed by atoms with van der Waals surface area (Å²) in [5.74, 6) is 1.99. The van der Waals surface area contributed by atoms with Crippen molar-refractivity contribution in [3.8, 4) is 5.75 Å². The first-order valence-electron chi connectivity index (χ1n) is 11.3. The summed E-state index contributed by atoms with van der Waals surface area (Å²) in [5.41, 5.74) is 2.59. The fraction of sp³-hybridized carbons (Fsp3) is 0.667. The molecular weight excluding hydrogens is 380 g/mol. The van der Waals surface area contributed by atoms with Gasteiger partial charge in [0.2, 0.25) is 11.8 Å². The second kappa shape index (κ2) is 10.8. The number of nitrogens with one attached hydrogen (secondary N) is 2. The molecule has 3 rings (SSSR count). The van der Waals surface area contributed by atoms with Gasteiger partial charge in [-0.1, -0.05) is 12.1 Å². The number of hydrogen-bond acceptors (Lipinski definition) is 4. The van der Waals surface area contributed by atoms with Crippen molar-refractivity contribution in [2.45, 2.75) is 70.3 Å². The number of ether oxygens (including phenoxy) is 1. The van der Waals surface area contributed by atoms with E-state index in [1.807, 2.05) is 0 Å². The Kier molecular flexibility index (Phi) is 8.14. The molecule has 30 heavy (non-hydrogen) atoms. The molecule has 0 heterocycles. The Hall–Kier alpha value is -2.08. The lowest BCUT2D eigenvalue weighted by molar-refractivity contribution is -0.126. The molecule has 2 amide bonds. The average molecular weight is 417 g/mol. The molecule has 0 aromatic heterocycles. The first-order valence-corrected chi connectivity index (χ1v) is 11.3. The van der Waals surface area contributed by atoms with E-state index < -0.39 is 6.61 Å². The Bertz CT molecular complexity index is 720. The van der Waals surface area contributed by atoms with Gasteiger partial charge in [-0.15, -0.1) is 0 Å². The molecule has 0 radical (unpaired) electrons. The molecule has 1 aromatic carbocycles. The number of rotatable bonds is 7. The molecule has 1 aromatic rings. The molecule has 2 saturated carbocycles. The number of methoxy groups -OCH3 is 1. The highest BCUT2D eigenvalue weighted by atomic mass is 16.5. The van der Waals surface area contributed by atoms with E-state index >= 15 is 0 Å². The lowest BCUT2D eigenvalue weighted by atomic mass is 9.78. The van der Waals surface area contributed by atoms with E-state index in [2.05, 4.69) is 35.8 Å². The highest BCUT2D eigenvalue weighted by Gasteiger charge is 2.28. The van der Waals surface area contributed by atoms with Gasteiger partial charge in [-0.2, -0.15) is 0 Å². The van der Waals surface area contributed by atoms with E-state index in [0.29, 0.717) is 11.8 Å². The average Bonchev–Trinajstić information content (AvgIpc) is 2.78. The van der Waals surface area contributed by atoms with Crippen LogP contribution in [0.3, 0.4) is 0 Å². The third-order valence-electron chi connectivity index (χ3n) is 6.91. The molecule has 166 valence electrons. The molecule has 0 spiro atoms. The normalized spacial score (nSPS) is 26.6. The summed E-state index contributed by atoms with van der Waals surface area (Å²) in [6.45, 7) is 2.40. The molecule has 6 nitrogen and oxygen atoms in total. The molecule has 6 heteroatoms. The fourth-order valence-electron chi connectivity index (χ4n) is 5.02. The van der Waals surface area contributed by atoms with Crippen molar-refractivity contribution in [1.82, 2.24) is 10.6 Å². The maximum absolute atomic E-state index is 12.6. The van der Waals surface area contributed by atoms with E-state index in [0.717, 1.165) is 50.8 Å². The van der Waals surface area contributed by atoms with Crippen LogP contribution in [-0.2, 0) is 9.59 Å². The van der Waals surface area contributed by atoms with Crippen molar-refractivity contribution in [3.05, 3.63) is 29.3 Å². The van der Waals surface area contributed by atoms with Crippen LogP contribution in [0.2, 0.25) is 0 Å². The van der Waals surface area contributed by atoms with Gasteiger partial charge in [0, 0.05) is 18.5 Å². The van der Waals surface area contributed by atoms with Crippen LogP contribution < -0.4 is 15.4 Å². The van der Waals surface area contributed by atoms with Gasteiger partial charge in [-0.3, -0.25) is 9.59 Å². The summed E-state index contributed by atoms with van der Waals surface area (Å²) in [5, 5.41) is 14.8. The van der Waals surface area contributed by atoms with Gasteiger partial charge in [0.15, 0.2) is 0 Å². The van der Waals surface area contributed by atoms with Gasteiger partial charge in [-0.25, -0.2) is 0 Å². The summed E-state index contributed by atoms with van der Waals surface area (Å²) in [6, 6.07) is 6.61. The van der Waals surface area contributed by atoms with E-state index in [4.69, 9.17) is 9.84 Å². The number of aliphatic hydroxyl groups is 1. The lowest BCUT2D eigenvalue weighted by Crippen LogP contribution is -2.42. The summed E-state index contributed by atoms with van der Waals surface area (Å²) in [7, 11) is 1.71. The highest BCUT2D eigenvalue weighted by molar-refractivity contribution is 5.79. The molecule has 2 aliphatic rings. The molecule has 0 atom stereocenters. The SMILES string of the molecule is COc1ccc(C2CCC(CNC(=O)C3CCC(NC(=O)CO)CC3)CC2)cc1C. The number of carbonyl (C=O) groups excluding carboxylic acids is 2. The van der Waals surface area contributed by atoms with Crippen LogP contribution in [0.5, 0.6) is 5.75 Å². The number of hydrogen-bond donors (Lipinski definition) is 3. The van der Waals surface area contributed by atoms with Crippen LogP contribution in [0.25, 0.3) is 0 Å². The van der Waals surface area contributed by atoms with Crippen LogP contribution in [0.1, 0.15) is 68.4 Å². The molecule has 0 bridgehead atoms. The minimum Gasteiger partial charge on any atom is -0.496 e. The zero-order chi connectivity index (χ0) is 21.5. The summed E-state index contributed by atoms with van der Waals surface area (Å²) < 4.78 is 5.37. The largest absolute Gasteiger partial charge is 0.496 e. The highest BCUT2D eigenvalue weighted by Crippen LogP contribution is 2.37. The Morgan fingerprint density at radius 2 is 1.77 bits per heavy atom. The number of aliphatic hydroxyl groups excluding tert-OH is 1. The topological polar surface area (TPSA) is 87.7 Å². The maximum Gasteiger partial charge on any atom is 0.245 e. The van der Waals surface area contributed by atoms with Crippen LogP contribution >= 0.6 is 0 Å². The summed E-state index contributed by atoms with van der Waals surface area (Å²) >= 11 is 0. The van der Waals surface area contributed by atoms with Crippen LogP contribution in [0.4, 0.5) is 0 Å². The Morgan fingerprint density at radius 3 is 2.37 bits per heavy atom. The van der Waals surface area contributed by atoms with E-state index in [-0.39, 0.29) is 23.8 Å². The molecule has 0 aliphatic heterocycles. The second-order valence-electron chi connectivity index (χ2n) is 8.97. The molecule has 0 saturated heterocycles. The minimum atomic E-state index is -0.471. The minimum absolute atomic E-state index is 0.0471. The van der Waals surface area contributed by atoms with Crippen molar-refractivity contribution >= 4 is 11.8 Å². The van der Waals surface area contributed by atoms with Crippen LogP contribution in [0, 0.1) is 18.8 Å². The number of benzene rings is 1. The number of aryl methyl sites for hydroxylation is 1. The van der Waals surface area contributed by atoms with E-state index in [9.17, 15) is 9.59 Å². The molecule has 0 unspecified atom stereocenters. The third-order valence-corrected chi connectivity index (χ3v) is 6.91. The van der Waals surface area contributed by atoms with Gasteiger partial charge in [0.25, 0.3) is 0 Å². The van der Waals surface area contributed by atoms with E-state index in [1.54, 1.807) is 7.11 Å². The lowest BCUT2D eigenvalue weighted by Gasteiger charge is -2.31. The number of amides is 2. The zero-order valence-electron chi connectivity index (χ0n) is 18.3. The second-order valence-corrected chi connectivity index (χ2v) is 8.97. The molecule has 2 aliphatic carbocycles. The smallest absolute Gasteiger partial charge is 0.245 e. The van der Waals surface area contributed by atoms with Gasteiger partial charge in [0.1, 0.15) is 12.4 Å². The molecule has 3 N–H and O–H groups in total. The van der Waals surface area contributed by atoms with Gasteiger partial charge < -0.3 is 20.5 Å². The van der Waals surface area contributed by atoms with Gasteiger partial charge >= 0.3 is 0 Å². The van der Waals surface area contributed by atoms with Crippen molar-refractivity contribution < 1.29 is 19.4 Å². The maximum atomic E-state index is 12.6. The zero-order valence-corrected chi connectivity index (χ0v) is 18.3. The fourth-order valence-corrected chi connectivity index (χ4v) is 5.02. The first-order chi connectivity index (χ1) is 14.5. The van der Waals surface area contributed by atoms with Gasteiger partial charge in [-0.05, 0) is 87.3 Å².